The van der Waals surface area contributed by atoms with Crippen LogP contribution < -0.4 is 10.5 Å². The van der Waals surface area contributed by atoms with Crippen molar-refractivity contribution in [3.8, 4) is 0 Å². The van der Waals surface area contributed by atoms with Crippen LogP contribution in [0.3, 0.4) is 0 Å². The first-order valence-corrected chi connectivity index (χ1v) is 8.24. The van der Waals surface area contributed by atoms with Crippen molar-refractivity contribution in [3.63, 3.8) is 0 Å². The third-order valence-corrected chi connectivity index (χ3v) is 5.62. The molecule has 7 heteroatoms. The number of rotatable bonds is 3. The maximum absolute atomic E-state index is 13.2. The summed E-state index contributed by atoms with van der Waals surface area (Å²) >= 11 is 5.81. The second kappa shape index (κ2) is 5.16. The average Bonchev–Trinajstić information content (AvgIpc) is 2.62. The fourth-order valence-corrected chi connectivity index (χ4v) is 4.39. The van der Waals surface area contributed by atoms with Gasteiger partial charge >= 0.3 is 0 Å². The maximum Gasteiger partial charge on any atom is 0.242 e. The molecular weight excluding hydrogens is 303 g/mol. The van der Waals surface area contributed by atoms with E-state index in [2.05, 4.69) is 18.6 Å². The van der Waals surface area contributed by atoms with Crippen LogP contribution in [0.2, 0.25) is 5.02 Å². The largest absolute Gasteiger partial charge is 0.396 e. The molecule has 1 atom stereocenters. The van der Waals surface area contributed by atoms with Crippen molar-refractivity contribution >= 4 is 27.3 Å². The van der Waals surface area contributed by atoms with Gasteiger partial charge in [0.2, 0.25) is 10.0 Å². The molecule has 4 nitrogen and oxygen atoms in total. The van der Waals surface area contributed by atoms with E-state index in [1.807, 2.05) is 0 Å². The van der Waals surface area contributed by atoms with Crippen LogP contribution in [-0.4, -0.2) is 14.5 Å². The molecule has 1 aromatic carbocycles. The summed E-state index contributed by atoms with van der Waals surface area (Å²) in [4.78, 5) is -0.178. The second-order valence-corrected chi connectivity index (χ2v) is 8.12. The molecule has 0 bridgehead atoms. The third kappa shape index (κ3) is 3.24. The number of nitrogens with two attached hydrogens (primary N) is 1. The number of nitrogens with one attached hydrogen (secondary N) is 1. The Labute approximate surface area is 123 Å². The van der Waals surface area contributed by atoms with Crippen molar-refractivity contribution in [3.05, 3.63) is 23.0 Å². The van der Waals surface area contributed by atoms with E-state index in [4.69, 9.17) is 17.3 Å². The van der Waals surface area contributed by atoms with E-state index in [-0.39, 0.29) is 27.1 Å². The van der Waals surface area contributed by atoms with Crippen LogP contribution in [0.25, 0.3) is 0 Å². The van der Waals surface area contributed by atoms with E-state index < -0.39 is 15.8 Å². The number of nitrogen functional groups attached to an aromatic ring is 1. The van der Waals surface area contributed by atoms with Gasteiger partial charge in [0.05, 0.1) is 10.7 Å². The zero-order chi connectivity index (χ0) is 15.1. The van der Waals surface area contributed by atoms with Crippen LogP contribution in [-0.2, 0) is 10.0 Å². The van der Waals surface area contributed by atoms with Crippen LogP contribution in [0.15, 0.2) is 17.0 Å². The minimum absolute atomic E-state index is 0.124. The molecular formula is C13H18ClFN2O2S. The summed E-state index contributed by atoms with van der Waals surface area (Å²) in [5.74, 6) is -0.726. The molecule has 0 aromatic heterocycles. The highest BCUT2D eigenvalue weighted by atomic mass is 35.5. The summed E-state index contributed by atoms with van der Waals surface area (Å²) in [5, 5.41) is -0.165. The van der Waals surface area contributed by atoms with E-state index >= 15 is 0 Å². The summed E-state index contributed by atoms with van der Waals surface area (Å²) in [6, 6.07) is 1.85. The van der Waals surface area contributed by atoms with E-state index in [1.165, 1.54) is 0 Å². The number of benzene rings is 1. The topological polar surface area (TPSA) is 72.2 Å². The van der Waals surface area contributed by atoms with Crippen molar-refractivity contribution in [2.45, 2.75) is 44.0 Å². The van der Waals surface area contributed by atoms with E-state index in [0.717, 1.165) is 31.4 Å². The van der Waals surface area contributed by atoms with E-state index in [0.29, 0.717) is 0 Å². The number of hydrogen-bond donors (Lipinski definition) is 2. The van der Waals surface area contributed by atoms with Crippen LogP contribution in [0, 0.1) is 11.2 Å². The van der Waals surface area contributed by atoms with Crippen molar-refractivity contribution in [2.75, 3.05) is 5.73 Å². The zero-order valence-electron chi connectivity index (χ0n) is 11.4. The molecule has 20 heavy (non-hydrogen) atoms. The first-order valence-electron chi connectivity index (χ1n) is 6.38. The molecule has 3 N–H and O–H groups in total. The van der Waals surface area contributed by atoms with Crippen LogP contribution >= 0.6 is 11.6 Å². The Kier molecular flexibility index (Phi) is 4.01. The third-order valence-electron chi connectivity index (χ3n) is 3.63. The van der Waals surface area contributed by atoms with E-state index in [1.54, 1.807) is 0 Å². The van der Waals surface area contributed by atoms with Gasteiger partial charge in [0.25, 0.3) is 0 Å². The Morgan fingerprint density at radius 2 is 2.10 bits per heavy atom. The van der Waals surface area contributed by atoms with Gasteiger partial charge in [-0.1, -0.05) is 25.4 Å². The summed E-state index contributed by atoms with van der Waals surface area (Å²) in [7, 11) is -3.79. The average molecular weight is 321 g/mol. The van der Waals surface area contributed by atoms with Crippen molar-refractivity contribution in [1.29, 1.82) is 0 Å². The Hall–Kier alpha value is -0.850. The van der Waals surface area contributed by atoms with Crippen molar-refractivity contribution in [1.82, 2.24) is 4.72 Å². The molecule has 1 aliphatic carbocycles. The molecule has 2 rings (SSSR count). The molecule has 0 radical (unpaired) electrons. The molecule has 1 aromatic rings. The number of anilines is 1. The predicted molar refractivity (Wildman–Crippen MR) is 77.6 cm³/mol. The second-order valence-electron chi connectivity index (χ2n) is 6.03. The predicted octanol–water partition coefficient (Wildman–Crippen LogP) is 2.92. The van der Waals surface area contributed by atoms with Gasteiger partial charge in [-0.05, 0) is 36.8 Å². The van der Waals surface area contributed by atoms with Gasteiger partial charge in [-0.2, -0.15) is 0 Å². The summed E-state index contributed by atoms with van der Waals surface area (Å²) < 4.78 is 40.5. The summed E-state index contributed by atoms with van der Waals surface area (Å²) in [5.41, 5.74) is 5.30. The maximum atomic E-state index is 13.2. The number of halogens is 2. The summed E-state index contributed by atoms with van der Waals surface area (Å²) in [6.45, 7) is 4.20. The molecule has 0 saturated heterocycles. The van der Waals surface area contributed by atoms with Gasteiger partial charge in [0.1, 0.15) is 10.7 Å². The first-order chi connectivity index (χ1) is 9.11. The molecule has 1 unspecified atom stereocenters. The minimum atomic E-state index is -3.79. The molecule has 1 aliphatic rings. The van der Waals surface area contributed by atoms with E-state index in [9.17, 15) is 12.8 Å². The molecule has 0 heterocycles. The van der Waals surface area contributed by atoms with Crippen LogP contribution in [0.4, 0.5) is 10.1 Å². The standard InChI is InChI=1S/C13H18ClFN2O2S/c1-13(2)4-3-8(7-13)17-20(18,19)12-6-11(16)10(15)5-9(12)14/h5-6,8,17H,3-4,7,16H2,1-2H3. The molecule has 0 aliphatic heterocycles. The number of sulfonamides is 1. The number of hydrogen-bond acceptors (Lipinski definition) is 3. The highest BCUT2D eigenvalue weighted by Gasteiger charge is 2.34. The highest BCUT2D eigenvalue weighted by molar-refractivity contribution is 7.89. The lowest BCUT2D eigenvalue weighted by Crippen LogP contribution is -2.33. The molecule has 1 saturated carbocycles. The Morgan fingerprint density at radius 3 is 2.65 bits per heavy atom. The van der Waals surface area contributed by atoms with Gasteiger partial charge in [-0.25, -0.2) is 17.5 Å². The lowest BCUT2D eigenvalue weighted by molar-refractivity contribution is 0.372. The van der Waals surface area contributed by atoms with Crippen LogP contribution in [0.1, 0.15) is 33.1 Å². The molecule has 0 amide bonds. The SMILES string of the molecule is CC1(C)CCC(NS(=O)(=O)c2cc(N)c(F)cc2Cl)C1. The lowest BCUT2D eigenvalue weighted by atomic mass is 9.92. The summed E-state index contributed by atoms with van der Waals surface area (Å²) in [6.07, 6.45) is 2.50. The van der Waals surface area contributed by atoms with Crippen LogP contribution in [0.5, 0.6) is 0 Å². The lowest BCUT2D eigenvalue weighted by Gasteiger charge is -2.18. The fourth-order valence-electron chi connectivity index (χ4n) is 2.57. The highest BCUT2D eigenvalue weighted by Crippen LogP contribution is 2.38. The fraction of sp³-hybridized carbons (Fsp3) is 0.538. The molecule has 0 spiro atoms. The van der Waals surface area contributed by atoms with Gasteiger partial charge in [0, 0.05) is 6.04 Å². The van der Waals surface area contributed by atoms with Crippen molar-refractivity contribution in [2.24, 2.45) is 5.41 Å². The monoisotopic (exact) mass is 320 g/mol. The first kappa shape index (κ1) is 15.5. The van der Waals surface area contributed by atoms with Crippen molar-refractivity contribution < 1.29 is 12.8 Å². The Bertz CT molecular complexity index is 632. The minimum Gasteiger partial charge on any atom is -0.396 e. The normalized spacial score (nSPS) is 22.1. The molecule has 1 fully saturated rings. The van der Waals surface area contributed by atoms with Gasteiger partial charge in [-0.3, -0.25) is 0 Å². The zero-order valence-corrected chi connectivity index (χ0v) is 13.0. The smallest absolute Gasteiger partial charge is 0.242 e. The molecule has 112 valence electrons. The van der Waals surface area contributed by atoms with Gasteiger partial charge < -0.3 is 5.73 Å². The quantitative estimate of drug-likeness (QED) is 0.841. The Balaban J connectivity index is 2.26. The Morgan fingerprint density at radius 1 is 1.45 bits per heavy atom. The van der Waals surface area contributed by atoms with Gasteiger partial charge in [0.15, 0.2) is 0 Å². The van der Waals surface area contributed by atoms with Gasteiger partial charge in [-0.15, -0.1) is 0 Å².